The van der Waals surface area contributed by atoms with Crippen molar-refractivity contribution in [1.29, 1.82) is 0 Å². The molecule has 19 heteroatoms. The van der Waals surface area contributed by atoms with Crippen molar-refractivity contribution in [3.63, 3.8) is 0 Å². The Labute approximate surface area is 238 Å². The second-order valence-corrected chi connectivity index (χ2v) is 10.9. The number of nitrogens with two attached hydrogens (primary N) is 1. The topological polar surface area (TPSA) is 231 Å². The number of nitrogens with one attached hydrogen (secondary N) is 1. The summed E-state index contributed by atoms with van der Waals surface area (Å²) in [7, 11) is -3.26. The molecule has 226 valence electrons. The fourth-order valence-corrected chi connectivity index (χ4v) is 5.76. The van der Waals surface area contributed by atoms with E-state index in [1.165, 1.54) is 36.9 Å². The predicted molar refractivity (Wildman–Crippen MR) is 144 cm³/mol. The fraction of sp³-hybridized carbons (Fsp3) is 0.478. The monoisotopic (exact) mass is 609 g/mol. The number of rotatable bonds is 12. The molecule has 4 rings (SSSR count). The molecule has 0 aliphatic carbocycles. The largest absolute Gasteiger partial charge is 0.476 e. The zero-order valence-corrected chi connectivity index (χ0v) is 23.8. The number of halogens is 1. The number of imidazole rings is 1. The van der Waals surface area contributed by atoms with Gasteiger partial charge >= 0.3 is 13.7 Å². The molecule has 0 radical (unpaired) electrons. The maximum atomic E-state index is 13.7. The van der Waals surface area contributed by atoms with Crippen LogP contribution in [-0.4, -0.2) is 74.7 Å². The number of aromatic nitrogens is 4. The number of hydrogen-bond donors (Lipinski definition) is 3. The van der Waals surface area contributed by atoms with Crippen molar-refractivity contribution >= 4 is 30.8 Å². The lowest BCUT2D eigenvalue weighted by Gasteiger charge is -2.28. The number of aliphatic hydroxyl groups is 1. The van der Waals surface area contributed by atoms with E-state index in [0.717, 1.165) is 19.2 Å². The van der Waals surface area contributed by atoms with Crippen molar-refractivity contribution in [2.24, 2.45) is 5.11 Å². The van der Waals surface area contributed by atoms with Crippen LogP contribution < -0.4 is 20.1 Å². The number of anilines is 1. The van der Waals surface area contributed by atoms with Gasteiger partial charge in [-0.3, -0.25) is 13.9 Å². The second kappa shape index (κ2) is 12.4. The standard InChI is InChI=1S/C23H29FN9O8P/c1-5-38-19-16-18(28-22(25)29-19)33(11-27-16)21-23(3,31-32-26)17(34)15(40-21)10-39-42(36,30-12(2)20(35)37-4)41-14-8-6-13(24)7-9-14/h6-9,11-12,15,17,21,34H,5,10H2,1-4H3,(H,30,36)(H2,25,28,29)/t12-,15+,17+,21+,23+,42?/m0/s1. The van der Waals surface area contributed by atoms with Crippen molar-refractivity contribution in [3.05, 3.63) is 46.9 Å². The number of esters is 1. The molecular formula is C23H29FN9O8P. The van der Waals surface area contributed by atoms with Gasteiger partial charge in [0.25, 0.3) is 0 Å². The van der Waals surface area contributed by atoms with Crippen LogP contribution in [0, 0.1) is 5.82 Å². The second-order valence-electron chi connectivity index (χ2n) is 9.24. The number of ether oxygens (including phenoxy) is 3. The summed E-state index contributed by atoms with van der Waals surface area (Å²) in [6, 6.07) is 3.41. The average Bonchev–Trinajstić information content (AvgIpc) is 3.47. The summed E-state index contributed by atoms with van der Waals surface area (Å²) in [6.45, 7) is 4.24. The number of hydrogen-bond acceptors (Lipinski definition) is 13. The summed E-state index contributed by atoms with van der Waals surface area (Å²) in [5.74, 6) is -1.38. The van der Waals surface area contributed by atoms with Crippen LogP contribution >= 0.6 is 7.75 Å². The number of nitrogen functional groups attached to an aromatic ring is 1. The molecule has 6 atom stereocenters. The van der Waals surface area contributed by atoms with Gasteiger partial charge in [0.2, 0.25) is 11.8 Å². The van der Waals surface area contributed by atoms with Crippen LogP contribution in [0.15, 0.2) is 35.7 Å². The average molecular weight is 610 g/mol. The van der Waals surface area contributed by atoms with Gasteiger partial charge in [0.05, 0.1) is 32.8 Å². The zero-order chi connectivity index (χ0) is 30.7. The molecule has 1 fully saturated rings. The van der Waals surface area contributed by atoms with Crippen LogP contribution in [0.3, 0.4) is 0 Å². The molecule has 1 aliphatic heterocycles. The van der Waals surface area contributed by atoms with Crippen LogP contribution in [-0.2, 0) is 23.4 Å². The Morgan fingerprint density at radius 3 is 2.76 bits per heavy atom. The molecular weight excluding hydrogens is 580 g/mol. The molecule has 17 nitrogen and oxygen atoms in total. The van der Waals surface area contributed by atoms with Gasteiger partial charge in [-0.05, 0) is 50.6 Å². The lowest BCUT2D eigenvalue weighted by molar-refractivity contribution is -0.142. The predicted octanol–water partition coefficient (Wildman–Crippen LogP) is 2.63. The Balaban J connectivity index is 1.64. The maximum Gasteiger partial charge on any atom is 0.459 e. The van der Waals surface area contributed by atoms with E-state index in [0.29, 0.717) is 0 Å². The van der Waals surface area contributed by atoms with E-state index in [4.69, 9.17) is 24.3 Å². The number of methoxy groups -OCH3 is 1. The Morgan fingerprint density at radius 2 is 2.12 bits per heavy atom. The van der Waals surface area contributed by atoms with E-state index in [2.05, 4.69) is 34.8 Å². The first-order valence-corrected chi connectivity index (χ1v) is 14.1. The Morgan fingerprint density at radius 1 is 1.40 bits per heavy atom. The minimum absolute atomic E-state index is 0.0405. The molecule has 0 spiro atoms. The van der Waals surface area contributed by atoms with Gasteiger partial charge in [-0.25, -0.2) is 13.9 Å². The number of carbonyl (C=O) groups is 1. The number of benzene rings is 1. The first-order valence-electron chi connectivity index (χ1n) is 12.5. The summed E-state index contributed by atoms with van der Waals surface area (Å²) < 4.78 is 55.8. The quantitative estimate of drug-likeness (QED) is 0.0882. The number of fused-ring (bicyclic) bond motifs is 1. The van der Waals surface area contributed by atoms with Crippen LogP contribution in [0.5, 0.6) is 11.6 Å². The first kappa shape index (κ1) is 30.9. The van der Waals surface area contributed by atoms with Crippen LogP contribution in [0.4, 0.5) is 10.3 Å². The first-order chi connectivity index (χ1) is 19.9. The molecule has 3 heterocycles. The van der Waals surface area contributed by atoms with E-state index in [1.54, 1.807) is 6.92 Å². The SMILES string of the molecule is CCOc1nc(N)nc2c1ncn2[C@@H]1O[C@H](COP(=O)(N[C@@H](C)C(=O)OC)Oc2ccc(F)cc2)[C@@H](O)[C@@]1(C)N=[N+]=[N-]. The molecule has 0 amide bonds. The van der Waals surface area contributed by atoms with Crippen LogP contribution in [0.2, 0.25) is 0 Å². The molecule has 1 saturated heterocycles. The van der Waals surface area contributed by atoms with Crippen molar-refractivity contribution in [2.75, 3.05) is 26.1 Å². The van der Waals surface area contributed by atoms with Gasteiger partial charge in [0.15, 0.2) is 17.4 Å². The minimum Gasteiger partial charge on any atom is -0.476 e. The molecule has 3 aromatic rings. The third kappa shape index (κ3) is 6.23. The van der Waals surface area contributed by atoms with E-state index in [9.17, 15) is 24.4 Å². The number of aliphatic hydroxyl groups excluding tert-OH is 1. The highest BCUT2D eigenvalue weighted by molar-refractivity contribution is 7.52. The van der Waals surface area contributed by atoms with Crippen LogP contribution in [0.25, 0.3) is 21.6 Å². The number of azide groups is 1. The molecule has 0 bridgehead atoms. The third-order valence-corrected chi connectivity index (χ3v) is 7.95. The van der Waals surface area contributed by atoms with E-state index < -0.39 is 56.2 Å². The van der Waals surface area contributed by atoms with Gasteiger partial charge < -0.3 is 29.6 Å². The summed E-state index contributed by atoms with van der Waals surface area (Å²) >= 11 is 0. The van der Waals surface area contributed by atoms with Crippen molar-refractivity contribution in [2.45, 2.75) is 50.8 Å². The van der Waals surface area contributed by atoms with Gasteiger partial charge in [-0.1, -0.05) is 5.11 Å². The van der Waals surface area contributed by atoms with Crippen molar-refractivity contribution < 1.29 is 42.1 Å². The molecule has 1 aromatic carbocycles. The Bertz CT molecular complexity index is 1540. The highest BCUT2D eigenvalue weighted by Gasteiger charge is 2.55. The summed E-state index contributed by atoms with van der Waals surface area (Å²) in [5.41, 5.74) is 13.9. The molecule has 4 N–H and O–H groups in total. The summed E-state index contributed by atoms with van der Waals surface area (Å²) in [4.78, 5) is 27.4. The van der Waals surface area contributed by atoms with E-state index >= 15 is 0 Å². The lowest BCUT2D eigenvalue weighted by Crippen LogP contribution is -2.43. The number of nitrogens with zero attached hydrogens (tertiary/aromatic N) is 7. The van der Waals surface area contributed by atoms with E-state index in [1.807, 2.05) is 0 Å². The summed E-state index contributed by atoms with van der Waals surface area (Å²) in [6.07, 6.45) is -2.65. The molecule has 42 heavy (non-hydrogen) atoms. The lowest BCUT2D eigenvalue weighted by atomic mass is 9.93. The normalized spacial score (nSPS) is 24.0. The molecule has 1 unspecified atom stereocenters. The smallest absolute Gasteiger partial charge is 0.459 e. The maximum absolute atomic E-state index is 13.7. The van der Waals surface area contributed by atoms with Crippen LogP contribution in [0.1, 0.15) is 27.0 Å². The number of carbonyl (C=O) groups excluding carboxylic acids is 1. The third-order valence-electron chi connectivity index (χ3n) is 6.31. The highest BCUT2D eigenvalue weighted by atomic mass is 31.2. The van der Waals surface area contributed by atoms with Gasteiger partial charge in [-0.15, -0.1) is 0 Å². The highest BCUT2D eigenvalue weighted by Crippen LogP contribution is 2.48. The van der Waals surface area contributed by atoms with Gasteiger partial charge in [0.1, 0.15) is 29.3 Å². The van der Waals surface area contributed by atoms with Gasteiger partial charge in [-0.2, -0.15) is 15.1 Å². The van der Waals surface area contributed by atoms with Gasteiger partial charge in [0, 0.05) is 4.91 Å². The van der Waals surface area contributed by atoms with E-state index in [-0.39, 0.29) is 35.3 Å². The van der Waals surface area contributed by atoms with Crippen molar-refractivity contribution in [1.82, 2.24) is 24.6 Å². The van der Waals surface area contributed by atoms with Crippen molar-refractivity contribution in [3.8, 4) is 11.6 Å². The summed E-state index contributed by atoms with van der Waals surface area (Å²) in [5, 5.41) is 17.5. The molecule has 1 aliphatic rings. The minimum atomic E-state index is -4.40. The molecule has 2 aromatic heterocycles. The molecule has 0 saturated carbocycles. The Kier molecular flexibility index (Phi) is 9.15. The fourth-order valence-electron chi connectivity index (χ4n) is 4.26. The zero-order valence-electron chi connectivity index (χ0n) is 22.9. The Hall–Kier alpha value is -4.05.